The van der Waals surface area contributed by atoms with E-state index in [2.05, 4.69) is 5.32 Å². The molecule has 1 heterocycles. The molecular weight excluding hydrogens is 424 g/mol. The molecule has 0 radical (unpaired) electrons. The molecule has 0 spiro atoms. The number of rotatable bonds is 8. The van der Waals surface area contributed by atoms with Crippen molar-refractivity contribution in [3.8, 4) is 11.5 Å². The van der Waals surface area contributed by atoms with Crippen LogP contribution in [0.1, 0.15) is 5.56 Å². The number of methoxy groups -OCH3 is 2. The molecule has 1 fully saturated rings. The molecule has 2 aromatic rings. The van der Waals surface area contributed by atoms with Gasteiger partial charge in [-0.05, 0) is 29.8 Å². The van der Waals surface area contributed by atoms with Gasteiger partial charge in [0, 0.05) is 31.4 Å². The molecule has 11 heteroatoms. The average molecular weight is 449 g/mol. The number of carbonyl (C=O) groups excluding carboxylic acids is 2. The number of amides is 3. The molecule has 1 saturated heterocycles. The number of urea groups is 1. The van der Waals surface area contributed by atoms with Crippen LogP contribution in [0.3, 0.4) is 0 Å². The lowest BCUT2D eigenvalue weighted by Gasteiger charge is -2.19. The quantitative estimate of drug-likeness (QED) is 0.617. The van der Waals surface area contributed by atoms with Crippen molar-refractivity contribution in [1.29, 1.82) is 0 Å². The molecule has 0 saturated carbocycles. The van der Waals surface area contributed by atoms with Gasteiger partial charge in [0.1, 0.15) is 6.54 Å². The summed E-state index contributed by atoms with van der Waals surface area (Å²) in [5.41, 5.74) is 1.36. The molecule has 31 heavy (non-hydrogen) atoms. The SMILES string of the molecule is COc1ccc(N2CCN(CC(=O)NCc3ccc(S(N)(=O)=O)cc3)C2=O)cc1OC. The van der Waals surface area contributed by atoms with Crippen LogP contribution in [0.25, 0.3) is 0 Å². The van der Waals surface area contributed by atoms with Gasteiger partial charge < -0.3 is 19.7 Å². The largest absolute Gasteiger partial charge is 0.493 e. The van der Waals surface area contributed by atoms with Gasteiger partial charge >= 0.3 is 6.03 Å². The first-order valence-electron chi connectivity index (χ1n) is 9.40. The summed E-state index contributed by atoms with van der Waals surface area (Å²) < 4.78 is 33.1. The van der Waals surface area contributed by atoms with Crippen LogP contribution < -0.4 is 24.8 Å². The number of nitrogens with zero attached hydrogens (tertiary/aromatic N) is 2. The first-order valence-corrected chi connectivity index (χ1v) is 10.9. The summed E-state index contributed by atoms with van der Waals surface area (Å²) in [4.78, 5) is 28.1. The Morgan fingerprint density at radius 1 is 1.06 bits per heavy atom. The Balaban J connectivity index is 1.56. The molecule has 0 bridgehead atoms. The molecule has 3 N–H and O–H groups in total. The van der Waals surface area contributed by atoms with Crippen molar-refractivity contribution >= 4 is 27.6 Å². The lowest BCUT2D eigenvalue weighted by atomic mass is 10.2. The Bertz CT molecular complexity index is 1070. The minimum Gasteiger partial charge on any atom is -0.493 e. The zero-order valence-corrected chi connectivity index (χ0v) is 18.0. The van der Waals surface area contributed by atoms with E-state index < -0.39 is 10.0 Å². The van der Waals surface area contributed by atoms with Gasteiger partial charge in [-0.3, -0.25) is 9.69 Å². The Morgan fingerprint density at radius 3 is 2.35 bits per heavy atom. The van der Waals surface area contributed by atoms with Crippen molar-refractivity contribution in [3.63, 3.8) is 0 Å². The first kappa shape index (κ1) is 22.4. The van der Waals surface area contributed by atoms with E-state index >= 15 is 0 Å². The predicted molar refractivity (Wildman–Crippen MR) is 114 cm³/mol. The summed E-state index contributed by atoms with van der Waals surface area (Å²) >= 11 is 0. The highest BCUT2D eigenvalue weighted by Gasteiger charge is 2.31. The summed E-state index contributed by atoms with van der Waals surface area (Å²) in [7, 11) is -0.705. The third kappa shape index (κ3) is 5.25. The van der Waals surface area contributed by atoms with Crippen LogP contribution in [0.15, 0.2) is 47.4 Å². The van der Waals surface area contributed by atoms with E-state index in [1.165, 1.54) is 31.3 Å². The lowest BCUT2D eigenvalue weighted by molar-refractivity contribution is -0.121. The highest BCUT2D eigenvalue weighted by Crippen LogP contribution is 2.32. The number of hydrogen-bond donors (Lipinski definition) is 2. The molecule has 10 nitrogen and oxygen atoms in total. The van der Waals surface area contributed by atoms with Crippen LogP contribution in [-0.4, -0.2) is 59.1 Å². The molecule has 1 aliphatic rings. The smallest absolute Gasteiger partial charge is 0.325 e. The number of primary sulfonamides is 1. The minimum absolute atomic E-state index is 0.000457. The fourth-order valence-electron chi connectivity index (χ4n) is 3.19. The third-order valence-corrected chi connectivity index (χ3v) is 5.78. The van der Waals surface area contributed by atoms with Gasteiger partial charge in [-0.1, -0.05) is 12.1 Å². The van der Waals surface area contributed by atoms with E-state index in [1.807, 2.05) is 0 Å². The predicted octanol–water partition coefficient (Wildman–Crippen LogP) is 0.910. The van der Waals surface area contributed by atoms with Gasteiger partial charge in [-0.15, -0.1) is 0 Å². The number of sulfonamides is 1. The Labute approximate surface area is 180 Å². The van der Waals surface area contributed by atoms with E-state index in [9.17, 15) is 18.0 Å². The Morgan fingerprint density at radius 2 is 1.74 bits per heavy atom. The molecule has 0 unspecified atom stereocenters. The summed E-state index contributed by atoms with van der Waals surface area (Å²) in [6.07, 6.45) is 0. The summed E-state index contributed by atoms with van der Waals surface area (Å²) in [6.45, 7) is 0.962. The topological polar surface area (TPSA) is 131 Å². The monoisotopic (exact) mass is 448 g/mol. The maximum Gasteiger partial charge on any atom is 0.325 e. The molecular formula is C20H24N4O6S. The van der Waals surface area contributed by atoms with E-state index in [0.29, 0.717) is 35.8 Å². The van der Waals surface area contributed by atoms with Crippen LogP contribution in [0.5, 0.6) is 11.5 Å². The second-order valence-corrected chi connectivity index (χ2v) is 8.42. The maximum absolute atomic E-state index is 12.7. The number of ether oxygens (including phenoxy) is 2. The van der Waals surface area contributed by atoms with Crippen molar-refractivity contribution in [2.75, 3.05) is 38.8 Å². The van der Waals surface area contributed by atoms with Crippen LogP contribution >= 0.6 is 0 Å². The van der Waals surface area contributed by atoms with Crippen molar-refractivity contribution in [2.45, 2.75) is 11.4 Å². The number of anilines is 1. The highest BCUT2D eigenvalue weighted by atomic mass is 32.2. The van der Waals surface area contributed by atoms with Gasteiger partial charge in [0.2, 0.25) is 15.9 Å². The van der Waals surface area contributed by atoms with Crippen molar-refractivity contribution in [2.24, 2.45) is 5.14 Å². The van der Waals surface area contributed by atoms with Gasteiger partial charge in [0.05, 0.1) is 19.1 Å². The number of benzene rings is 2. The lowest BCUT2D eigenvalue weighted by Crippen LogP contribution is -2.39. The molecule has 0 atom stereocenters. The summed E-state index contributed by atoms with van der Waals surface area (Å²) in [5, 5.41) is 7.79. The van der Waals surface area contributed by atoms with Crippen molar-refractivity contribution in [1.82, 2.24) is 10.2 Å². The molecule has 0 aliphatic carbocycles. The zero-order valence-electron chi connectivity index (χ0n) is 17.2. The van der Waals surface area contributed by atoms with Gasteiger partial charge in [-0.25, -0.2) is 18.4 Å². The van der Waals surface area contributed by atoms with E-state index in [-0.39, 0.29) is 29.9 Å². The third-order valence-electron chi connectivity index (χ3n) is 4.85. The number of carbonyl (C=O) groups is 2. The normalized spacial score (nSPS) is 14.0. The second kappa shape index (κ2) is 9.23. The van der Waals surface area contributed by atoms with Gasteiger partial charge in [0.25, 0.3) is 0 Å². The fourth-order valence-corrected chi connectivity index (χ4v) is 3.70. The van der Waals surface area contributed by atoms with Crippen molar-refractivity contribution in [3.05, 3.63) is 48.0 Å². The Hall–Kier alpha value is -3.31. The summed E-state index contributed by atoms with van der Waals surface area (Å²) in [6, 6.07) is 10.8. The standard InChI is InChI=1S/C20H24N4O6S/c1-29-17-8-5-15(11-18(17)30-2)24-10-9-23(20(24)26)13-19(25)22-12-14-3-6-16(7-4-14)31(21,27)28/h3-8,11H,9-10,12-13H2,1-2H3,(H,22,25)(H2,21,27,28). The number of nitrogens with two attached hydrogens (primary N) is 1. The van der Waals surface area contributed by atoms with Crippen LogP contribution in [-0.2, 0) is 21.4 Å². The summed E-state index contributed by atoms with van der Waals surface area (Å²) in [5.74, 6) is 0.752. The highest BCUT2D eigenvalue weighted by molar-refractivity contribution is 7.89. The van der Waals surface area contributed by atoms with E-state index in [1.54, 1.807) is 35.2 Å². The number of hydrogen-bond acceptors (Lipinski definition) is 6. The van der Waals surface area contributed by atoms with E-state index in [0.717, 1.165) is 0 Å². The molecule has 2 aromatic carbocycles. The van der Waals surface area contributed by atoms with E-state index in [4.69, 9.17) is 14.6 Å². The fraction of sp³-hybridized carbons (Fsp3) is 0.300. The Kier molecular flexibility index (Phi) is 6.66. The molecule has 3 rings (SSSR count). The molecule has 0 aromatic heterocycles. The number of nitrogens with one attached hydrogen (secondary N) is 1. The maximum atomic E-state index is 12.7. The van der Waals surface area contributed by atoms with Crippen LogP contribution in [0.2, 0.25) is 0 Å². The zero-order chi connectivity index (χ0) is 22.6. The molecule has 166 valence electrons. The second-order valence-electron chi connectivity index (χ2n) is 6.86. The average Bonchev–Trinajstić information content (AvgIpc) is 3.11. The first-order chi connectivity index (χ1) is 14.7. The van der Waals surface area contributed by atoms with Crippen molar-refractivity contribution < 1.29 is 27.5 Å². The van der Waals surface area contributed by atoms with Gasteiger partial charge in [-0.2, -0.15) is 0 Å². The van der Waals surface area contributed by atoms with Gasteiger partial charge in [0.15, 0.2) is 11.5 Å². The minimum atomic E-state index is -3.76. The molecule has 1 aliphatic heterocycles. The van der Waals surface area contributed by atoms with Crippen LogP contribution in [0, 0.1) is 0 Å². The van der Waals surface area contributed by atoms with Crippen LogP contribution in [0.4, 0.5) is 10.5 Å². The molecule has 3 amide bonds.